The number of anilines is 1. The van der Waals surface area contributed by atoms with E-state index < -0.39 is 0 Å². The third kappa shape index (κ3) is 2.76. The molecule has 0 fully saturated rings. The topological polar surface area (TPSA) is 68.3 Å². The van der Waals surface area contributed by atoms with Gasteiger partial charge in [-0.2, -0.15) is 0 Å². The first-order valence-electron chi connectivity index (χ1n) is 6.03. The highest BCUT2D eigenvalue weighted by atomic mass is 16.6. The van der Waals surface area contributed by atoms with Gasteiger partial charge in [-0.05, 0) is 44.0 Å². The lowest BCUT2D eigenvalue weighted by Gasteiger charge is -2.15. The zero-order valence-corrected chi connectivity index (χ0v) is 11.1. The Kier molecular flexibility index (Phi) is 3.55. The standard InChI is InChI=1S/C14H16N2O3/c1-9-6-13(14(16(17)18)7-10(9)2)15-11(3)12-4-5-19-8-12/h4-8,11,15H,1-3H3. The van der Waals surface area contributed by atoms with Crippen LogP contribution < -0.4 is 5.32 Å². The van der Waals surface area contributed by atoms with Crippen molar-refractivity contribution >= 4 is 11.4 Å². The number of nitro benzene ring substituents is 1. The zero-order chi connectivity index (χ0) is 14.0. The molecule has 5 nitrogen and oxygen atoms in total. The molecule has 2 aromatic rings. The van der Waals surface area contributed by atoms with Crippen LogP contribution in [0.4, 0.5) is 11.4 Å². The van der Waals surface area contributed by atoms with Gasteiger partial charge in [-0.1, -0.05) is 0 Å². The Labute approximate surface area is 111 Å². The third-order valence-corrected chi connectivity index (χ3v) is 3.22. The molecule has 0 spiro atoms. The van der Waals surface area contributed by atoms with Crippen molar-refractivity contribution in [1.29, 1.82) is 0 Å². The summed E-state index contributed by atoms with van der Waals surface area (Å²) in [5.41, 5.74) is 3.51. The molecule has 1 N–H and O–H groups in total. The molecule has 0 bridgehead atoms. The predicted octanol–water partition coefficient (Wildman–Crippen LogP) is 3.98. The second-order valence-electron chi connectivity index (χ2n) is 4.63. The second-order valence-corrected chi connectivity index (χ2v) is 4.63. The summed E-state index contributed by atoms with van der Waals surface area (Å²) in [6.07, 6.45) is 3.22. The van der Waals surface area contributed by atoms with Gasteiger partial charge in [0.15, 0.2) is 0 Å². The first-order chi connectivity index (χ1) is 8.99. The summed E-state index contributed by atoms with van der Waals surface area (Å²) in [4.78, 5) is 10.7. The van der Waals surface area contributed by atoms with Crippen LogP contribution in [0.5, 0.6) is 0 Å². The number of benzene rings is 1. The van der Waals surface area contributed by atoms with Gasteiger partial charge in [0, 0.05) is 11.6 Å². The lowest BCUT2D eigenvalue weighted by molar-refractivity contribution is -0.384. The Morgan fingerprint density at radius 3 is 2.58 bits per heavy atom. The number of hydrogen-bond acceptors (Lipinski definition) is 4. The molecule has 1 heterocycles. The summed E-state index contributed by atoms with van der Waals surface area (Å²) in [6, 6.07) is 5.19. The van der Waals surface area contributed by atoms with Crippen LogP contribution in [-0.2, 0) is 0 Å². The molecule has 1 aromatic heterocycles. The van der Waals surface area contributed by atoms with E-state index in [0.717, 1.165) is 16.7 Å². The molecule has 0 aliphatic carbocycles. The van der Waals surface area contributed by atoms with Crippen LogP contribution in [-0.4, -0.2) is 4.92 Å². The van der Waals surface area contributed by atoms with Crippen LogP contribution >= 0.6 is 0 Å². The number of rotatable bonds is 4. The second kappa shape index (κ2) is 5.14. The molecule has 0 amide bonds. The predicted molar refractivity (Wildman–Crippen MR) is 73.3 cm³/mol. The maximum absolute atomic E-state index is 11.1. The Bertz CT molecular complexity index is 591. The highest BCUT2D eigenvalue weighted by Crippen LogP contribution is 2.31. The van der Waals surface area contributed by atoms with Crippen molar-refractivity contribution in [2.45, 2.75) is 26.8 Å². The average molecular weight is 260 g/mol. The number of nitro groups is 1. The van der Waals surface area contributed by atoms with E-state index in [0.29, 0.717) is 5.69 Å². The molecule has 0 aliphatic rings. The Hall–Kier alpha value is -2.30. The summed E-state index contributed by atoms with van der Waals surface area (Å²) in [7, 11) is 0. The van der Waals surface area contributed by atoms with E-state index in [2.05, 4.69) is 5.32 Å². The van der Waals surface area contributed by atoms with Crippen LogP contribution in [0.25, 0.3) is 0 Å². The fourth-order valence-corrected chi connectivity index (χ4v) is 1.91. The van der Waals surface area contributed by atoms with Gasteiger partial charge in [-0.3, -0.25) is 10.1 Å². The Balaban J connectivity index is 2.33. The van der Waals surface area contributed by atoms with Gasteiger partial charge in [-0.25, -0.2) is 0 Å². The summed E-state index contributed by atoms with van der Waals surface area (Å²) in [5, 5.41) is 14.3. The lowest BCUT2D eigenvalue weighted by atomic mass is 10.1. The molecular formula is C14H16N2O3. The van der Waals surface area contributed by atoms with Crippen LogP contribution in [0, 0.1) is 24.0 Å². The number of aryl methyl sites for hydroxylation is 2. The van der Waals surface area contributed by atoms with E-state index in [9.17, 15) is 10.1 Å². The maximum atomic E-state index is 11.1. The Morgan fingerprint density at radius 2 is 2.00 bits per heavy atom. The average Bonchev–Trinajstić information content (AvgIpc) is 2.86. The third-order valence-electron chi connectivity index (χ3n) is 3.22. The van der Waals surface area contributed by atoms with E-state index in [1.54, 1.807) is 18.6 Å². The number of furan rings is 1. The van der Waals surface area contributed by atoms with Crippen LogP contribution in [0.1, 0.15) is 29.7 Å². The van der Waals surface area contributed by atoms with E-state index in [1.807, 2.05) is 32.9 Å². The van der Waals surface area contributed by atoms with Crippen molar-refractivity contribution in [3.63, 3.8) is 0 Å². The summed E-state index contributed by atoms with van der Waals surface area (Å²) in [5.74, 6) is 0. The fraction of sp³-hybridized carbons (Fsp3) is 0.286. The lowest BCUT2D eigenvalue weighted by Crippen LogP contribution is -2.08. The fourth-order valence-electron chi connectivity index (χ4n) is 1.91. The molecule has 1 atom stereocenters. The molecule has 1 aromatic carbocycles. The monoisotopic (exact) mass is 260 g/mol. The largest absolute Gasteiger partial charge is 0.472 e. The SMILES string of the molecule is Cc1cc(NC(C)c2ccoc2)c([N+](=O)[O-])cc1C. The highest BCUT2D eigenvalue weighted by molar-refractivity contribution is 5.65. The molecule has 0 radical (unpaired) electrons. The van der Waals surface area contributed by atoms with Gasteiger partial charge < -0.3 is 9.73 Å². The van der Waals surface area contributed by atoms with Gasteiger partial charge in [0.2, 0.25) is 0 Å². The molecule has 0 saturated heterocycles. The van der Waals surface area contributed by atoms with E-state index >= 15 is 0 Å². The first-order valence-corrected chi connectivity index (χ1v) is 6.03. The maximum Gasteiger partial charge on any atom is 0.292 e. The van der Waals surface area contributed by atoms with Crippen molar-refractivity contribution in [3.8, 4) is 0 Å². The Morgan fingerprint density at radius 1 is 1.32 bits per heavy atom. The molecule has 0 aliphatic heterocycles. The molecule has 1 unspecified atom stereocenters. The summed E-state index contributed by atoms with van der Waals surface area (Å²) >= 11 is 0. The molecule has 19 heavy (non-hydrogen) atoms. The number of nitrogens with zero attached hydrogens (tertiary/aromatic N) is 1. The van der Waals surface area contributed by atoms with Crippen molar-refractivity contribution in [2.75, 3.05) is 5.32 Å². The normalized spacial score (nSPS) is 12.2. The molecule has 100 valence electrons. The van der Waals surface area contributed by atoms with Gasteiger partial charge in [0.25, 0.3) is 5.69 Å². The molecule has 0 saturated carbocycles. The molecular weight excluding hydrogens is 244 g/mol. The van der Waals surface area contributed by atoms with Gasteiger partial charge in [0.05, 0.1) is 23.5 Å². The van der Waals surface area contributed by atoms with Crippen LogP contribution in [0.2, 0.25) is 0 Å². The zero-order valence-electron chi connectivity index (χ0n) is 11.1. The minimum atomic E-state index is -0.364. The number of nitrogens with one attached hydrogen (secondary N) is 1. The summed E-state index contributed by atoms with van der Waals surface area (Å²) in [6.45, 7) is 5.74. The van der Waals surface area contributed by atoms with Gasteiger partial charge in [0.1, 0.15) is 5.69 Å². The van der Waals surface area contributed by atoms with Crippen molar-refractivity contribution in [1.82, 2.24) is 0 Å². The molecule has 2 rings (SSSR count). The van der Waals surface area contributed by atoms with Crippen LogP contribution in [0.3, 0.4) is 0 Å². The smallest absolute Gasteiger partial charge is 0.292 e. The quantitative estimate of drug-likeness (QED) is 0.667. The van der Waals surface area contributed by atoms with E-state index in [1.165, 1.54) is 0 Å². The van der Waals surface area contributed by atoms with Gasteiger partial charge in [-0.15, -0.1) is 0 Å². The number of hydrogen-bond donors (Lipinski definition) is 1. The highest BCUT2D eigenvalue weighted by Gasteiger charge is 2.17. The van der Waals surface area contributed by atoms with Gasteiger partial charge >= 0.3 is 0 Å². The molecule has 5 heteroatoms. The van der Waals surface area contributed by atoms with Crippen molar-refractivity contribution in [3.05, 3.63) is 57.5 Å². The summed E-state index contributed by atoms with van der Waals surface area (Å²) < 4.78 is 5.02. The van der Waals surface area contributed by atoms with Crippen LogP contribution in [0.15, 0.2) is 35.1 Å². The first kappa shape index (κ1) is 13.1. The van der Waals surface area contributed by atoms with Crippen molar-refractivity contribution < 1.29 is 9.34 Å². The minimum absolute atomic E-state index is 0.0560. The minimum Gasteiger partial charge on any atom is -0.472 e. The van der Waals surface area contributed by atoms with Crippen molar-refractivity contribution in [2.24, 2.45) is 0 Å². The van der Waals surface area contributed by atoms with E-state index in [-0.39, 0.29) is 16.7 Å². The van der Waals surface area contributed by atoms with E-state index in [4.69, 9.17) is 4.42 Å².